The van der Waals surface area contributed by atoms with Gasteiger partial charge >= 0.3 is 0 Å². The van der Waals surface area contributed by atoms with Crippen molar-refractivity contribution in [3.8, 4) is 5.75 Å². The lowest BCUT2D eigenvalue weighted by molar-refractivity contribution is -0.140. The molecule has 1 saturated carbocycles. The van der Waals surface area contributed by atoms with E-state index in [1.807, 2.05) is 28.9 Å². The number of carbonyl (C=O) groups excluding carboxylic acids is 2. The number of hydrogen-bond donors (Lipinski definition) is 0. The minimum atomic E-state index is -0.550. The van der Waals surface area contributed by atoms with Crippen LogP contribution in [0.3, 0.4) is 0 Å². The summed E-state index contributed by atoms with van der Waals surface area (Å²) in [6, 6.07) is 12.2. The molecule has 0 radical (unpaired) electrons. The number of hydrogen-bond acceptors (Lipinski definition) is 4. The van der Waals surface area contributed by atoms with Gasteiger partial charge in [-0.1, -0.05) is 38.0 Å². The maximum Gasteiger partial charge on any atom is 0.263 e. The number of carbonyl (C=O) groups is 2. The Hall–Kier alpha value is -2.93. The Labute approximate surface area is 219 Å². The third-order valence-corrected chi connectivity index (χ3v) is 8.26. The lowest BCUT2D eigenvalue weighted by Crippen LogP contribution is -2.51. The number of halogens is 1. The highest BCUT2D eigenvalue weighted by atomic mass is 19.1. The van der Waals surface area contributed by atoms with Crippen LogP contribution in [0.4, 0.5) is 4.39 Å². The van der Waals surface area contributed by atoms with E-state index in [1.54, 1.807) is 12.1 Å². The Kier molecular flexibility index (Phi) is 7.79. The minimum absolute atomic E-state index is 0.0291. The monoisotopic (exact) mass is 507 g/mol. The van der Waals surface area contributed by atoms with Gasteiger partial charge in [-0.3, -0.25) is 9.59 Å². The molecule has 0 spiro atoms. The fraction of sp³-hybridized carbons (Fsp3) is 0.533. The average Bonchev–Trinajstić information content (AvgIpc) is 3.46. The van der Waals surface area contributed by atoms with Crippen molar-refractivity contribution in [1.82, 2.24) is 14.7 Å². The van der Waals surface area contributed by atoms with Crippen molar-refractivity contribution in [3.05, 3.63) is 65.0 Å². The molecule has 2 aromatic rings. The van der Waals surface area contributed by atoms with Gasteiger partial charge in [-0.15, -0.1) is 0 Å². The fourth-order valence-corrected chi connectivity index (χ4v) is 6.02. The van der Waals surface area contributed by atoms with E-state index in [-0.39, 0.29) is 29.6 Å². The molecule has 3 aliphatic rings. The lowest BCUT2D eigenvalue weighted by Gasteiger charge is -2.39. The largest absolute Gasteiger partial charge is 0.481 e. The van der Waals surface area contributed by atoms with E-state index in [2.05, 4.69) is 18.0 Å². The van der Waals surface area contributed by atoms with Crippen LogP contribution in [-0.4, -0.2) is 72.4 Å². The molecule has 2 aromatic carbocycles. The maximum atomic E-state index is 13.8. The summed E-state index contributed by atoms with van der Waals surface area (Å²) in [6.07, 6.45) is 4.87. The van der Waals surface area contributed by atoms with Crippen LogP contribution < -0.4 is 4.74 Å². The zero-order chi connectivity index (χ0) is 25.9. The predicted octanol–water partition coefficient (Wildman–Crippen LogP) is 4.42. The molecule has 2 fully saturated rings. The quantitative estimate of drug-likeness (QED) is 0.581. The number of likely N-dealkylation sites (N-methyl/N-ethyl adjacent to an activating group) is 1. The molecule has 37 heavy (non-hydrogen) atoms. The molecule has 0 N–H and O–H groups in total. The van der Waals surface area contributed by atoms with E-state index >= 15 is 0 Å². The van der Waals surface area contributed by atoms with Crippen LogP contribution in [0, 0.1) is 11.7 Å². The summed E-state index contributed by atoms with van der Waals surface area (Å²) >= 11 is 0. The zero-order valence-corrected chi connectivity index (χ0v) is 22.0. The first-order chi connectivity index (χ1) is 17.9. The summed E-state index contributed by atoms with van der Waals surface area (Å²) in [5.74, 6) is 0.630. The second-order valence-electron chi connectivity index (χ2n) is 10.7. The van der Waals surface area contributed by atoms with Crippen molar-refractivity contribution in [2.45, 2.75) is 57.6 Å². The van der Waals surface area contributed by atoms with Crippen molar-refractivity contribution in [2.24, 2.45) is 5.92 Å². The number of benzene rings is 2. The first-order valence-electron chi connectivity index (χ1n) is 13.8. The Balaban J connectivity index is 1.43. The average molecular weight is 508 g/mol. The number of fused-ring (bicyclic) bond motifs is 1. The smallest absolute Gasteiger partial charge is 0.263 e. The molecule has 0 aromatic heterocycles. The molecular formula is C30H38FN3O3. The number of ether oxygens (including phenoxy) is 1. The van der Waals surface area contributed by atoms with Crippen LogP contribution in [0.1, 0.15) is 61.8 Å². The van der Waals surface area contributed by atoms with Crippen molar-refractivity contribution < 1.29 is 18.7 Å². The van der Waals surface area contributed by atoms with E-state index in [9.17, 15) is 14.0 Å². The standard InChI is InChI=1S/C30H38FN3O3/c1-3-27(30(36)33-18-16-32(2)17-19-33)37-25-13-10-21-14-15-34(29(35)23-6-4-5-7-23)28(26(21)20-25)22-8-11-24(31)12-9-22/h8-13,20,23,27-28H,3-7,14-19H2,1-2H3/t27-,28+/m1/s1. The molecular weight excluding hydrogens is 469 g/mol. The highest BCUT2D eigenvalue weighted by Crippen LogP contribution is 2.40. The molecule has 1 aliphatic carbocycles. The molecule has 0 bridgehead atoms. The Morgan fingerprint density at radius 1 is 1.00 bits per heavy atom. The van der Waals surface area contributed by atoms with Gasteiger partial charge in [0.25, 0.3) is 5.91 Å². The molecule has 7 heteroatoms. The number of amides is 2. The summed E-state index contributed by atoms with van der Waals surface area (Å²) < 4.78 is 20.1. The molecule has 198 valence electrons. The number of piperazine rings is 1. The fourth-order valence-electron chi connectivity index (χ4n) is 6.02. The second kappa shape index (κ2) is 11.2. The third kappa shape index (κ3) is 5.52. The topological polar surface area (TPSA) is 53.1 Å². The van der Waals surface area contributed by atoms with E-state index < -0.39 is 6.10 Å². The van der Waals surface area contributed by atoms with E-state index in [0.29, 0.717) is 31.8 Å². The highest BCUT2D eigenvalue weighted by Gasteiger charge is 2.37. The highest BCUT2D eigenvalue weighted by molar-refractivity contribution is 5.82. The molecule has 2 heterocycles. The third-order valence-electron chi connectivity index (χ3n) is 8.26. The Morgan fingerprint density at radius 2 is 1.70 bits per heavy atom. The van der Waals surface area contributed by atoms with Crippen molar-refractivity contribution in [2.75, 3.05) is 39.8 Å². The molecule has 5 rings (SSSR count). The second-order valence-corrected chi connectivity index (χ2v) is 10.7. The van der Waals surface area contributed by atoms with Crippen LogP contribution in [0.25, 0.3) is 0 Å². The van der Waals surface area contributed by atoms with Crippen LogP contribution in [0.5, 0.6) is 5.75 Å². The molecule has 2 atom stereocenters. The summed E-state index contributed by atoms with van der Waals surface area (Å²) in [5.41, 5.74) is 3.06. The summed E-state index contributed by atoms with van der Waals surface area (Å²) in [4.78, 5) is 33.0. The number of nitrogens with zero attached hydrogens (tertiary/aromatic N) is 3. The summed E-state index contributed by atoms with van der Waals surface area (Å²) in [6.45, 7) is 5.77. The van der Waals surface area contributed by atoms with Gasteiger partial charge in [0.2, 0.25) is 5.91 Å². The number of rotatable bonds is 6. The van der Waals surface area contributed by atoms with Gasteiger partial charge in [-0.2, -0.15) is 0 Å². The van der Waals surface area contributed by atoms with Crippen molar-refractivity contribution in [1.29, 1.82) is 0 Å². The zero-order valence-electron chi connectivity index (χ0n) is 22.0. The normalized spacial score (nSPS) is 21.5. The molecule has 1 saturated heterocycles. The lowest BCUT2D eigenvalue weighted by atomic mass is 9.87. The molecule has 0 unspecified atom stereocenters. The van der Waals surface area contributed by atoms with Crippen LogP contribution in [0.15, 0.2) is 42.5 Å². The predicted molar refractivity (Wildman–Crippen MR) is 141 cm³/mol. The van der Waals surface area contributed by atoms with Crippen LogP contribution >= 0.6 is 0 Å². The van der Waals surface area contributed by atoms with Gasteiger partial charge in [0, 0.05) is 38.6 Å². The van der Waals surface area contributed by atoms with Crippen molar-refractivity contribution >= 4 is 11.8 Å². The molecule has 2 amide bonds. The van der Waals surface area contributed by atoms with Gasteiger partial charge in [0.15, 0.2) is 6.10 Å². The van der Waals surface area contributed by atoms with Gasteiger partial charge in [-0.05, 0) is 73.7 Å². The van der Waals surface area contributed by atoms with Gasteiger partial charge in [0.05, 0.1) is 6.04 Å². The van der Waals surface area contributed by atoms with Gasteiger partial charge in [0.1, 0.15) is 11.6 Å². The summed E-state index contributed by atoms with van der Waals surface area (Å²) in [7, 11) is 2.07. The maximum absolute atomic E-state index is 13.8. The SMILES string of the molecule is CC[C@@H](Oc1ccc2c(c1)[C@H](c1ccc(F)cc1)N(C(=O)C1CCCC1)CC2)C(=O)N1CCN(C)CC1. The van der Waals surface area contributed by atoms with E-state index in [4.69, 9.17) is 4.74 Å². The van der Waals surface area contributed by atoms with E-state index in [0.717, 1.165) is 61.9 Å². The Morgan fingerprint density at radius 3 is 2.38 bits per heavy atom. The Bertz CT molecular complexity index is 1110. The molecule has 2 aliphatic heterocycles. The molecule has 6 nitrogen and oxygen atoms in total. The first-order valence-corrected chi connectivity index (χ1v) is 13.8. The van der Waals surface area contributed by atoms with Gasteiger partial charge in [-0.25, -0.2) is 4.39 Å². The van der Waals surface area contributed by atoms with Crippen LogP contribution in [-0.2, 0) is 16.0 Å². The minimum Gasteiger partial charge on any atom is -0.481 e. The van der Waals surface area contributed by atoms with Crippen molar-refractivity contribution in [3.63, 3.8) is 0 Å². The van der Waals surface area contributed by atoms with Gasteiger partial charge < -0.3 is 19.4 Å². The van der Waals surface area contributed by atoms with Crippen LogP contribution in [0.2, 0.25) is 0 Å². The first kappa shape index (κ1) is 25.7. The summed E-state index contributed by atoms with van der Waals surface area (Å²) in [5, 5.41) is 0. The van der Waals surface area contributed by atoms with E-state index in [1.165, 1.54) is 12.1 Å².